The lowest BCUT2D eigenvalue weighted by Gasteiger charge is -2.23. The number of hydrogen-bond donors (Lipinski definition) is 1. The van der Waals surface area contributed by atoms with Crippen LogP contribution in [0.1, 0.15) is 26.2 Å². The molecule has 2 heterocycles. The van der Waals surface area contributed by atoms with E-state index < -0.39 is 0 Å². The lowest BCUT2D eigenvalue weighted by atomic mass is 10.1. The standard InChI is InChI=1S/C12H19N3O2/c1-2-14-8-6-11(16)15(12(14)17)9-10-5-3-4-7-13-10/h6,8,10,13H,2-5,7,9H2,1H3. The Hall–Kier alpha value is -1.36. The van der Waals surface area contributed by atoms with E-state index in [1.807, 2.05) is 6.92 Å². The topological polar surface area (TPSA) is 56.0 Å². The Kier molecular flexibility index (Phi) is 3.78. The molecule has 1 unspecified atom stereocenters. The van der Waals surface area contributed by atoms with Gasteiger partial charge in [-0.3, -0.25) is 9.36 Å². The van der Waals surface area contributed by atoms with Gasteiger partial charge in [-0.05, 0) is 26.3 Å². The molecule has 1 aromatic heterocycles. The minimum absolute atomic E-state index is 0.202. The molecular weight excluding hydrogens is 218 g/mol. The van der Waals surface area contributed by atoms with E-state index in [9.17, 15) is 9.59 Å². The fourth-order valence-corrected chi connectivity index (χ4v) is 2.27. The molecule has 1 aliphatic heterocycles. The molecule has 94 valence electrons. The fourth-order valence-electron chi connectivity index (χ4n) is 2.27. The molecule has 5 heteroatoms. The van der Waals surface area contributed by atoms with Gasteiger partial charge in [0.15, 0.2) is 0 Å². The van der Waals surface area contributed by atoms with Crippen molar-refractivity contribution in [2.75, 3.05) is 6.54 Å². The van der Waals surface area contributed by atoms with Crippen LogP contribution in [0.3, 0.4) is 0 Å². The van der Waals surface area contributed by atoms with Crippen LogP contribution in [-0.2, 0) is 13.1 Å². The second-order valence-electron chi connectivity index (χ2n) is 4.48. The van der Waals surface area contributed by atoms with Crippen molar-refractivity contribution in [2.24, 2.45) is 0 Å². The summed E-state index contributed by atoms with van der Waals surface area (Å²) in [6, 6.07) is 1.72. The van der Waals surface area contributed by atoms with Gasteiger partial charge in [-0.15, -0.1) is 0 Å². The maximum atomic E-state index is 12.0. The molecular formula is C12H19N3O2. The van der Waals surface area contributed by atoms with Gasteiger partial charge in [-0.2, -0.15) is 0 Å². The predicted octanol–water partition coefficient (Wildman–Crippen LogP) is 0.172. The Balaban J connectivity index is 2.25. The predicted molar refractivity (Wildman–Crippen MR) is 66.3 cm³/mol. The van der Waals surface area contributed by atoms with E-state index in [0.29, 0.717) is 13.1 Å². The molecule has 1 N–H and O–H groups in total. The van der Waals surface area contributed by atoms with Crippen LogP contribution in [0.4, 0.5) is 0 Å². The Morgan fingerprint density at radius 2 is 2.24 bits per heavy atom. The van der Waals surface area contributed by atoms with Crippen LogP contribution >= 0.6 is 0 Å². The van der Waals surface area contributed by atoms with Gasteiger partial charge in [0.25, 0.3) is 5.56 Å². The maximum Gasteiger partial charge on any atom is 0.331 e. The van der Waals surface area contributed by atoms with Crippen molar-refractivity contribution in [3.05, 3.63) is 33.1 Å². The number of nitrogens with zero attached hydrogens (tertiary/aromatic N) is 2. The van der Waals surface area contributed by atoms with Gasteiger partial charge in [0.2, 0.25) is 0 Å². The number of aryl methyl sites for hydroxylation is 1. The van der Waals surface area contributed by atoms with E-state index in [4.69, 9.17) is 0 Å². The van der Waals surface area contributed by atoms with Crippen molar-refractivity contribution < 1.29 is 0 Å². The molecule has 1 aliphatic rings. The molecule has 5 nitrogen and oxygen atoms in total. The number of piperidine rings is 1. The van der Waals surface area contributed by atoms with E-state index >= 15 is 0 Å². The Morgan fingerprint density at radius 3 is 2.88 bits per heavy atom. The summed E-state index contributed by atoms with van der Waals surface area (Å²) in [4.78, 5) is 23.7. The number of nitrogens with one attached hydrogen (secondary N) is 1. The maximum absolute atomic E-state index is 12.0. The van der Waals surface area contributed by atoms with Crippen molar-refractivity contribution in [1.29, 1.82) is 0 Å². The zero-order valence-electron chi connectivity index (χ0n) is 10.2. The molecule has 0 aromatic carbocycles. The van der Waals surface area contributed by atoms with Crippen LogP contribution in [-0.4, -0.2) is 21.7 Å². The molecule has 1 saturated heterocycles. The van der Waals surface area contributed by atoms with Gasteiger partial charge in [0.1, 0.15) is 0 Å². The van der Waals surface area contributed by atoms with Crippen molar-refractivity contribution in [1.82, 2.24) is 14.5 Å². The largest absolute Gasteiger partial charge is 0.331 e. The third kappa shape index (κ3) is 2.66. The van der Waals surface area contributed by atoms with Gasteiger partial charge in [-0.25, -0.2) is 4.79 Å². The average Bonchev–Trinajstić information content (AvgIpc) is 2.36. The summed E-state index contributed by atoms with van der Waals surface area (Å²) in [6.07, 6.45) is 4.95. The minimum Gasteiger partial charge on any atom is -0.312 e. The molecule has 0 radical (unpaired) electrons. The molecule has 0 spiro atoms. The van der Waals surface area contributed by atoms with Crippen LogP contribution in [0, 0.1) is 0 Å². The highest BCUT2D eigenvalue weighted by atomic mass is 16.2. The van der Waals surface area contributed by atoms with E-state index in [2.05, 4.69) is 5.32 Å². The van der Waals surface area contributed by atoms with E-state index in [1.54, 1.807) is 10.8 Å². The summed E-state index contributed by atoms with van der Waals surface area (Å²) >= 11 is 0. The van der Waals surface area contributed by atoms with E-state index in [0.717, 1.165) is 13.0 Å². The smallest absolute Gasteiger partial charge is 0.312 e. The highest BCUT2D eigenvalue weighted by molar-refractivity contribution is 4.88. The van der Waals surface area contributed by atoms with Gasteiger partial charge in [0, 0.05) is 31.4 Å². The molecule has 1 atom stereocenters. The van der Waals surface area contributed by atoms with E-state index in [1.165, 1.54) is 23.5 Å². The van der Waals surface area contributed by atoms with Gasteiger partial charge >= 0.3 is 5.69 Å². The SMILES string of the molecule is CCn1ccc(=O)n(CC2CCCCN2)c1=O. The van der Waals surface area contributed by atoms with Crippen LogP contribution in [0.2, 0.25) is 0 Å². The third-order valence-corrected chi connectivity index (χ3v) is 3.30. The molecule has 0 amide bonds. The van der Waals surface area contributed by atoms with Gasteiger partial charge in [-0.1, -0.05) is 6.42 Å². The lowest BCUT2D eigenvalue weighted by molar-refractivity contribution is 0.351. The monoisotopic (exact) mass is 237 g/mol. The second-order valence-corrected chi connectivity index (χ2v) is 4.48. The van der Waals surface area contributed by atoms with Crippen LogP contribution < -0.4 is 16.6 Å². The third-order valence-electron chi connectivity index (χ3n) is 3.30. The minimum atomic E-state index is -0.202. The number of aromatic nitrogens is 2. The molecule has 0 aliphatic carbocycles. The van der Waals surface area contributed by atoms with E-state index in [-0.39, 0.29) is 17.3 Å². The Morgan fingerprint density at radius 1 is 1.41 bits per heavy atom. The lowest BCUT2D eigenvalue weighted by Crippen LogP contribution is -2.46. The van der Waals surface area contributed by atoms with Crippen LogP contribution in [0.15, 0.2) is 21.9 Å². The normalized spacial score (nSPS) is 20.4. The van der Waals surface area contributed by atoms with Crippen molar-refractivity contribution in [3.63, 3.8) is 0 Å². The van der Waals surface area contributed by atoms with Crippen LogP contribution in [0.25, 0.3) is 0 Å². The molecule has 1 fully saturated rings. The van der Waals surface area contributed by atoms with Crippen molar-refractivity contribution in [3.8, 4) is 0 Å². The summed E-state index contributed by atoms with van der Waals surface area (Å²) < 4.78 is 2.90. The second kappa shape index (κ2) is 5.31. The summed E-state index contributed by atoms with van der Waals surface area (Å²) in [5.41, 5.74) is -0.403. The molecule has 2 rings (SSSR count). The summed E-state index contributed by atoms with van der Waals surface area (Å²) in [5, 5.41) is 3.35. The first-order valence-corrected chi connectivity index (χ1v) is 6.26. The molecule has 0 saturated carbocycles. The zero-order chi connectivity index (χ0) is 12.3. The summed E-state index contributed by atoms with van der Waals surface area (Å²) in [7, 11) is 0. The first-order chi connectivity index (χ1) is 8.22. The van der Waals surface area contributed by atoms with Gasteiger partial charge < -0.3 is 9.88 Å². The van der Waals surface area contributed by atoms with Crippen molar-refractivity contribution in [2.45, 2.75) is 45.3 Å². The number of rotatable bonds is 3. The first-order valence-electron chi connectivity index (χ1n) is 6.26. The Bertz CT molecular complexity index is 483. The number of hydrogen-bond acceptors (Lipinski definition) is 3. The summed E-state index contributed by atoms with van der Waals surface area (Å²) in [5.74, 6) is 0. The quantitative estimate of drug-likeness (QED) is 0.815. The Labute approximate surface area is 100 Å². The zero-order valence-corrected chi connectivity index (χ0v) is 10.2. The highest BCUT2D eigenvalue weighted by Crippen LogP contribution is 2.07. The highest BCUT2D eigenvalue weighted by Gasteiger charge is 2.15. The molecule has 1 aromatic rings. The fraction of sp³-hybridized carbons (Fsp3) is 0.667. The first kappa shape index (κ1) is 12.1. The van der Waals surface area contributed by atoms with Crippen LogP contribution in [0.5, 0.6) is 0 Å². The molecule has 17 heavy (non-hydrogen) atoms. The average molecular weight is 237 g/mol. The van der Waals surface area contributed by atoms with Crippen molar-refractivity contribution >= 4 is 0 Å². The summed E-state index contributed by atoms with van der Waals surface area (Å²) in [6.45, 7) is 3.96. The van der Waals surface area contributed by atoms with Gasteiger partial charge in [0.05, 0.1) is 0 Å². The molecule has 0 bridgehead atoms.